The van der Waals surface area contributed by atoms with Gasteiger partial charge in [-0.05, 0) is 37.0 Å². The number of ether oxygens (including phenoxy) is 1. The normalized spacial score (nSPS) is 23.1. The summed E-state index contributed by atoms with van der Waals surface area (Å²) >= 11 is 5.95. The van der Waals surface area contributed by atoms with Gasteiger partial charge in [0.25, 0.3) is 5.91 Å². The number of hydrogen-bond acceptors (Lipinski definition) is 5. The number of likely N-dealkylation sites (N-methyl/N-ethyl adjacent to an activating group) is 1. The molecule has 1 heterocycles. The first-order valence-corrected chi connectivity index (χ1v) is 11.3. The van der Waals surface area contributed by atoms with Gasteiger partial charge in [-0.15, -0.1) is 0 Å². The van der Waals surface area contributed by atoms with Crippen molar-refractivity contribution in [2.75, 3.05) is 25.2 Å². The van der Waals surface area contributed by atoms with Gasteiger partial charge in [-0.2, -0.15) is 0 Å². The zero-order valence-electron chi connectivity index (χ0n) is 15.3. The number of benzene rings is 1. The Labute approximate surface area is 164 Å². The van der Waals surface area contributed by atoms with Gasteiger partial charge in [-0.3, -0.25) is 9.59 Å². The van der Waals surface area contributed by atoms with Crippen LogP contribution in [-0.2, 0) is 29.6 Å². The first kappa shape index (κ1) is 20.1. The molecule has 1 amide bonds. The van der Waals surface area contributed by atoms with E-state index in [9.17, 15) is 18.0 Å². The van der Waals surface area contributed by atoms with E-state index >= 15 is 0 Å². The molecule has 1 saturated carbocycles. The maximum absolute atomic E-state index is 12.9. The van der Waals surface area contributed by atoms with Crippen LogP contribution in [0.3, 0.4) is 0 Å². The molecule has 1 saturated heterocycles. The van der Waals surface area contributed by atoms with Gasteiger partial charge in [-0.1, -0.05) is 36.6 Å². The number of esters is 1. The maximum Gasteiger partial charge on any atom is 0.317 e. The van der Waals surface area contributed by atoms with Crippen LogP contribution in [0.15, 0.2) is 24.3 Å². The van der Waals surface area contributed by atoms with Gasteiger partial charge < -0.3 is 9.64 Å². The van der Waals surface area contributed by atoms with Crippen LogP contribution in [0.2, 0.25) is 5.02 Å². The van der Waals surface area contributed by atoms with E-state index in [2.05, 4.69) is 0 Å². The molecule has 1 aliphatic carbocycles. The third kappa shape index (κ3) is 4.29. The van der Waals surface area contributed by atoms with E-state index in [1.807, 2.05) is 12.1 Å². The monoisotopic (exact) mass is 413 g/mol. The second-order valence-corrected chi connectivity index (χ2v) is 10.1. The van der Waals surface area contributed by atoms with Crippen molar-refractivity contribution in [3.63, 3.8) is 0 Å². The first-order chi connectivity index (χ1) is 12.7. The van der Waals surface area contributed by atoms with E-state index in [0.29, 0.717) is 24.3 Å². The Hall–Kier alpha value is -1.60. The van der Waals surface area contributed by atoms with Gasteiger partial charge in [-0.25, -0.2) is 8.42 Å². The molecule has 1 aromatic rings. The molecule has 1 atom stereocenters. The largest absolute Gasteiger partial charge is 0.455 e. The number of hydrogen-bond donors (Lipinski definition) is 0. The lowest BCUT2D eigenvalue weighted by molar-refractivity contribution is -0.157. The van der Waals surface area contributed by atoms with Crippen molar-refractivity contribution in [2.45, 2.75) is 43.6 Å². The van der Waals surface area contributed by atoms with Crippen LogP contribution in [-0.4, -0.2) is 56.4 Å². The van der Waals surface area contributed by atoms with E-state index in [1.165, 1.54) is 4.90 Å². The van der Waals surface area contributed by atoms with Crippen molar-refractivity contribution in [2.24, 2.45) is 0 Å². The Balaban J connectivity index is 1.65. The van der Waals surface area contributed by atoms with E-state index in [4.69, 9.17) is 16.3 Å². The van der Waals surface area contributed by atoms with Crippen molar-refractivity contribution in [3.05, 3.63) is 34.9 Å². The topological polar surface area (TPSA) is 80.8 Å². The van der Waals surface area contributed by atoms with Crippen LogP contribution >= 0.6 is 11.6 Å². The van der Waals surface area contributed by atoms with Crippen molar-refractivity contribution < 1.29 is 22.7 Å². The fourth-order valence-corrected chi connectivity index (χ4v) is 5.91. The van der Waals surface area contributed by atoms with Crippen LogP contribution in [0.5, 0.6) is 0 Å². The summed E-state index contributed by atoms with van der Waals surface area (Å²) in [7, 11) is -1.52. The van der Waals surface area contributed by atoms with Crippen molar-refractivity contribution in [1.29, 1.82) is 0 Å². The Kier molecular flexibility index (Phi) is 5.82. The fourth-order valence-electron chi connectivity index (χ4n) is 4.01. The van der Waals surface area contributed by atoms with Crippen molar-refractivity contribution in [3.8, 4) is 0 Å². The molecule has 6 nitrogen and oxygen atoms in total. The highest BCUT2D eigenvalue weighted by Gasteiger charge is 2.44. The number of rotatable bonds is 5. The van der Waals surface area contributed by atoms with Gasteiger partial charge in [0.05, 0.1) is 16.9 Å². The summed E-state index contributed by atoms with van der Waals surface area (Å²) in [4.78, 5) is 26.7. The number of nitrogens with zero attached hydrogens (tertiary/aromatic N) is 1. The lowest BCUT2D eigenvalue weighted by Gasteiger charge is -2.28. The average molecular weight is 414 g/mol. The molecule has 27 heavy (non-hydrogen) atoms. The molecular weight excluding hydrogens is 390 g/mol. The predicted octanol–water partition coefficient (Wildman–Crippen LogP) is 2.34. The number of carbonyl (C=O) groups is 2. The Morgan fingerprint density at radius 2 is 1.85 bits per heavy atom. The molecule has 8 heteroatoms. The number of sulfone groups is 1. The Bertz CT molecular complexity index is 815. The molecule has 0 N–H and O–H groups in total. The van der Waals surface area contributed by atoms with E-state index in [0.717, 1.165) is 18.4 Å². The van der Waals surface area contributed by atoms with Crippen molar-refractivity contribution in [1.82, 2.24) is 4.90 Å². The van der Waals surface area contributed by atoms with Crippen LogP contribution in [0.1, 0.15) is 37.7 Å². The van der Waals surface area contributed by atoms with E-state index in [1.54, 1.807) is 19.2 Å². The van der Waals surface area contributed by atoms with E-state index in [-0.39, 0.29) is 30.1 Å². The minimum absolute atomic E-state index is 0.0299. The van der Waals surface area contributed by atoms with Crippen LogP contribution in [0, 0.1) is 0 Å². The standard InChI is InChI=1S/C19H24ClNO5S/c1-21(16-8-11-27(24,25)13-16)17(22)12-26-18(23)19(9-2-3-10-19)14-4-6-15(20)7-5-14/h4-7,16H,2-3,8-13H2,1H3/t16-/m0/s1. The summed E-state index contributed by atoms with van der Waals surface area (Å²) in [6.07, 6.45) is 3.63. The summed E-state index contributed by atoms with van der Waals surface area (Å²) in [5.41, 5.74) is 0.122. The molecule has 0 spiro atoms. The average Bonchev–Trinajstić information content (AvgIpc) is 3.26. The minimum Gasteiger partial charge on any atom is -0.455 e. The molecule has 0 unspecified atom stereocenters. The highest BCUT2D eigenvalue weighted by atomic mass is 35.5. The summed E-state index contributed by atoms with van der Waals surface area (Å²) in [5.74, 6) is -0.718. The third-order valence-electron chi connectivity index (χ3n) is 5.72. The highest BCUT2D eigenvalue weighted by molar-refractivity contribution is 7.91. The van der Waals surface area contributed by atoms with Gasteiger partial charge in [0.2, 0.25) is 0 Å². The Morgan fingerprint density at radius 1 is 1.22 bits per heavy atom. The van der Waals surface area contributed by atoms with Crippen LogP contribution in [0.4, 0.5) is 0 Å². The van der Waals surface area contributed by atoms with Gasteiger partial charge in [0, 0.05) is 18.1 Å². The lowest BCUT2D eigenvalue weighted by atomic mass is 9.79. The SMILES string of the molecule is CN(C(=O)COC(=O)C1(c2ccc(Cl)cc2)CCCC1)[C@H]1CCS(=O)(=O)C1. The van der Waals surface area contributed by atoms with Crippen LogP contribution < -0.4 is 0 Å². The number of halogens is 1. The van der Waals surface area contributed by atoms with Gasteiger partial charge >= 0.3 is 5.97 Å². The highest BCUT2D eigenvalue weighted by Crippen LogP contribution is 2.42. The number of amides is 1. The summed E-state index contributed by atoms with van der Waals surface area (Å²) in [6.45, 7) is -0.374. The molecule has 148 valence electrons. The molecule has 1 aliphatic heterocycles. The molecule has 0 aromatic heterocycles. The maximum atomic E-state index is 12.9. The van der Waals surface area contributed by atoms with Gasteiger partial charge in [0.1, 0.15) is 0 Å². The Morgan fingerprint density at radius 3 is 2.41 bits per heavy atom. The van der Waals surface area contributed by atoms with Gasteiger partial charge in [0.15, 0.2) is 16.4 Å². The second-order valence-electron chi connectivity index (χ2n) is 7.43. The minimum atomic E-state index is -3.08. The van der Waals surface area contributed by atoms with Crippen LogP contribution in [0.25, 0.3) is 0 Å². The zero-order valence-corrected chi connectivity index (χ0v) is 16.9. The zero-order chi connectivity index (χ0) is 19.7. The third-order valence-corrected chi connectivity index (χ3v) is 7.72. The predicted molar refractivity (Wildman–Crippen MR) is 102 cm³/mol. The molecule has 0 radical (unpaired) electrons. The molecule has 2 fully saturated rings. The second kappa shape index (κ2) is 7.80. The molecule has 3 rings (SSSR count). The molecule has 2 aliphatic rings. The summed E-state index contributed by atoms with van der Waals surface area (Å²) in [5, 5.41) is 0.601. The number of carbonyl (C=O) groups excluding carboxylic acids is 2. The fraction of sp³-hybridized carbons (Fsp3) is 0.579. The summed E-state index contributed by atoms with van der Waals surface area (Å²) in [6, 6.07) is 6.84. The molecule has 0 bridgehead atoms. The quantitative estimate of drug-likeness (QED) is 0.692. The molecule has 1 aromatic carbocycles. The lowest BCUT2D eigenvalue weighted by Crippen LogP contribution is -2.42. The van der Waals surface area contributed by atoms with E-state index < -0.39 is 21.2 Å². The first-order valence-electron chi connectivity index (χ1n) is 9.13. The smallest absolute Gasteiger partial charge is 0.317 e. The summed E-state index contributed by atoms with van der Waals surface area (Å²) < 4.78 is 28.6. The van der Waals surface area contributed by atoms with Crippen molar-refractivity contribution >= 4 is 33.3 Å². The molecular formula is C19H24ClNO5S.